The molecular formula is C16H25NO2. The summed E-state index contributed by atoms with van der Waals surface area (Å²) in [4.78, 5) is 2.49. The molecular weight excluding hydrogens is 238 g/mol. The number of benzene rings is 1. The standard InChI is InChI=1S/C16H25NO2/c1-3-17(12-16-5-4-10-19-16)13(2)11-14-6-8-15(18)9-7-14/h6-9,13,16,18H,3-5,10-12H2,1-2H3. The van der Waals surface area contributed by atoms with Gasteiger partial charge in [-0.05, 0) is 50.4 Å². The monoisotopic (exact) mass is 263 g/mol. The van der Waals surface area contributed by atoms with Gasteiger partial charge in [-0.1, -0.05) is 19.1 Å². The molecule has 0 amide bonds. The highest BCUT2D eigenvalue weighted by atomic mass is 16.5. The molecule has 1 fully saturated rings. The van der Waals surface area contributed by atoms with Crippen LogP contribution in [0.2, 0.25) is 0 Å². The van der Waals surface area contributed by atoms with Gasteiger partial charge >= 0.3 is 0 Å². The van der Waals surface area contributed by atoms with Crippen LogP contribution in [-0.2, 0) is 11.2 Å². The molecule has 1 aliphatic rings. The summed E-state index contributed by atoms with van der Waals surface area (Å²) in [5.74, 6) is 0.336. The van der Waals surface area contributed by atoms with Crippen molar-refractivity contribution in [2.24, 2.45) is 0 Å². The molecule has 1 aromatic carbocycles. The first-order valence-electron chi connectivity index (χ1n) is 7.32. The van der Waals surface area contributed by atoms with Crippen molar-refractivity contribution >= 4 is 0 Å². The van der Waals surface area contributed by atoms with Crippen molar-refractivity contribution in [2.75, 3.05) is 19.7 Å². The molecule has 19 heavy (non-hydrogen) atoms. The van der Waals surface area contributed by atoms with E-state index in [9.17, 15) is 5.11 Å². The molecule has 2 atom stereocenters. The Bertz CT molecular complexity index is 371. The van der Waals surface area contributed by atoms with E-state index < -0.39 is 0 Å². The van der Waals surface area contributed by atoms with Gasteiger partial charge in [0.15, 0.2) is 0 Å². The average molecular weight is 263 g/mol. The normalized spacial score (nSPS) is 20.9. The van der Waals surface area contributed by atoms with Crippen molar-refractivity contribution in [3.63, 3.8) is 0 Å². The first-order chi connectivity index (χ1) is 9.19. The summed E-state index contributed by atoms with van der Waals surface area (Å²) in [5.41, 5.74) is 1.27. The number of phenolic OH excluding ortho intramolecular Hbond substituents is 1. The third kappa shape index (κ3) is 4.22. The molecule has 2 rings (SSSR count). The second-order valence-corrected chi connectivity index (χ2v) is 5.44. The van der Waals surface area contributed by atoms with Crippen LogP contribution in [0, 0.1) is 0 Å². The minimum atomic E-state index is 0.336. The summed E-state index contributed by atoms with van der Waals surface area (Å²) in [7, 11) is 0. The number of hydrogen-bond acceptors (Lipinski definition) is 3. The molecule has 106 valence electrons. The zero-order chi connectivity index (χ0) is 13.7. The number of nitrogens with zero attached hydrogens (tertiary/aromatic N) is 1. The summed E-state index contributed by atoms with van der Waals surface area (Å²) in [5, 5.41) is 9.31. The van der Waals surface area contributed by atoms with Gasteiger partial charge in [0, 0.05) is 19.2 Å². The van der Waals surface area contributed by atoms with E-state index in [1.165, 1.54) is 18.4 Å². The Hall–Kier alpha value is -1.06. The Morgan fingerprint density at radius 1 is 1.37 bits per heavy atom. The maximum atomic E-state index is 9.31. The van der Waals surface area contributed by atoms with Crippen LogP contribution >= 0.6 is 0 Å². The van der Waals surface area contributed by atoms with E-state index in [4.69, 9.17) is 4.74 Å². The van der Waals surface area contributed by atoms with E-state index in [1.54, 1.807) is 12.1 Å². The van der Waals surface area contributed by atoms with Gasteiger partial charge < -0.3 is 9.84 Å². The summed E-state index contributed by atoms with van der Waals surface area (Å²) >= 11 is 0. The molecule has 0 bridgehead atoms. The van der Waals surface area contributed by atoms with Gasteiger partial charge in [0.1, 0.15) is 5.75 Å². The van der Waals surface area contributed by atoms with Gasteiger partial charge in [-0.25, -0.2) is 0 Å². The van der Waals surface area contributed by atoms with Gasteiger partial charge in [-0.2, -0.15) is 0 Å². The highest BCUT2D eigenvalue weighted by molar-refractivity contribution is 5.26. The summed E-state index contributed by atoms with van der Waals surface area (Å²) in [6, 6.07) is 8.03. The minimum Gasteiger partial charge on any atom is -0.508 e. The van der Waals surface area contributed by atoms with Crippen LogP contribution in [0.3, 0.4) is 0 Å². The van der Waals surface area contributed by atoms with Gasteiger partial charge in [-0.15, -0.1) is 0 Å². The summed E-state index contributed by atoms with van der Waals surface area (Å²) in [6.45, 7) is 7.50. The van der Waals surface area contributed by atoms with Gasteiger partial charge in [0.05, 0.1) is 6.10 Å². The van der Waals surface area contributed by atoms with Gasteiger partial charge in [0.25, 0.3) is 0 Å². The summed E-state index contributed by atoms with van der Waals surface area (Å²) in [6.07, 6.45) is 3.83. The van der Waals surface area contributed by atoms with Crippen LogP contribution < -0.4 is 0 Å². The van der Waals surface area contributed by atoms with Crippen molar-refractivity contribution in [2.45, 2.75) is 45.3 Å². The van der Waals surface area contributed by atoms with Crippen molar-refractivity contribution in [1.29, 1.82) is 0 Å². The van der Waals surface area contributed by atoms with E-state index in [-0.39, 0.29) is 0 Å². The third-order valence-electron chi connectivity index (χ3n) is 3.96. The highest BCUT2D eigenvalue weighted by Crippen LogP contribution is 2.17. The minimum absolute atomic E-state index is 0.336. The zero-order valence-corrected chi connectivity index (χ0v) is 12.0. The molecule has 0 spiro atoms. The lowest BCUT2D eigenvalue weighted by Crippen LogP contribution is -2.39. The molecule has 0 radical (unpaired) electrons. The van der Waals surface area contributed by atoms with Crippen LogP contribution in [0.25, 0.3) is 0 Å². The van der Waals surface area contributed by atoms with Gasteiger partial charge in [0.2, 0.25) is 0 Å². The molecule has 0 aliphatic carbocycles. The second kappa shape index (κ2) is 6.92. The predicted octanol–water partition coefficient (Wildman–Crippen LogP) is 2.82. The lowest BCUT2D eigenvalue weighted by molar-refractivity contribution is 0.0620. The van der Waals surface area contributed by atoms with E-state index in [2.05, 4.69) is 18.7 Å². The number of hydrogen-bond donors (Lipinski definition) is 1. The van der Waals surface area contributed by atoms with Crippen molar-refractivity contribution in [1.82, 2.24) is 4.90 Å². The Morgan fingerprint density at radius 2 is 2.11 bits per heavy atom. The molecule has 1 heterocycles. The number of phenols is 1. The highest BCUT2D eigenvalue weighted by Gasteiger charge is 2.21. The molecule has 1 saturated heterocycles. The lowest BCUT2D eigenvalue weighted by Gasteiger charge is -2.30. The lowest BCUT2D eigenvalue weighted by atomic mass is 10.0. The van der Waals surface area contributed by atoms with E-state index in [0.717, 1.165) is 26.1 Å². The number of rotatable bonds is 6. The quantitative estimate of drug-likeness (QED) is 0.856. The SMILES string of the molecule is CCN(CC1CCCO1)C(C)Cc1ccc(O)cc1. The average Bonchev–Trinajstić information content (AvgIpc) is 2.91. The number of ether oxygens (including phenoxy) is 1. The second-order valence-electron chi connectivity index (χ2n) is 5.44. The fourth-order valence-corrected chi connectivity index (χ4v) is 2.77. The van der Waals surface area contributed by atoms with Crippen LogP contribution in [0.5, 0.6) is 5.75 Å². The summed E-state index contributed by atoms with van der Waals surface area (Å²) < 4.78 is 5.73. The molecule has 0 saturated carbocycles. The zero-order valence-electron chi connectivity index (χ0n) is 12.0. The van der Waals surface area contributed by atoms with Gasteiger partial charge in [-0.3, -0.25) is 4.90 Å². The fourth-order valence-electron chi connectivity index (χ4n) is 2.77. The molecule has 1 aliphatic heterocycles. The predicted molar refractivity (Wildman–Crippen MR) is 77.5 cm³/mol. The van der Waals surface area contributed by atoms with Crippen LogP contribution in [0.1, 0.15) is 32.3 Å². The molecule has 2 unspecified atom stereocenters. The first-order valence-corrected chi connectivity index (χ1v) is 7.32. The van der Waals surface area contributed by atoms with Crippen LogP contribution in [0.4, 0.5) is 0 Å². The van der Waals surface area contributed by atoms with E-state index >= 15 is 0 Å². The molecule has 1 aromatic rings. The Kier molecular flexibility index (Phi) is 5.23. The number of likely N-dealkylation sites (N-methyl/N-ethyl adjacent to an activating group) is 1. The van der Waals surface area contributed by atoms with Crippen LogP contribution in [0.15, 0.2) is 24.3 Å². The van der Waals surface area contributed by atoms with Crippen molar-refractivity contribution in [3.8, 4) is 5.75 Å². The third-order valence-corrected chi connectivity index (χ3v) is 3.96. The van der Waals surface area contributed by atoms with E-state index in [1.807, 2.05) is 12.1 Å². The first kappa shape index (κ1) is 14.4. The Morgan fingerprint density at radius 3 is 2.68 bits per heavy atom. The molecule has 1 N–H and O–H groups in total. The van der Waals surface area contributed by atoms with Crippen LogP contribution in [-0.4, -0.2) is 41.8 Å². The topological polar surface area (TPSA) is 32.7 Å². The smallest absolute Gasteiger partial charge is 0.115 e. The fraction of sp³-hybridized carbons (Fsp3) is 0.625. The Labute approximate surface area is 116 Å². The maximum Gasteiger partial charge on any atom is 0.115 e. The maximum absolute atomic E-state index is 9.31. The van der Waals surface area contributed by atoms with Crippen molar-refractivity contribution < 1.29 is 9.84 Å². The largest absolute Gasteiger partial charge is 0.508 e. The van der Waals surface area contributed by atoms with Crippen molar-refractivity contribution in [3.05, 3.63) is 29.8 Å². The Balaban J connectivity index is 1.88. The molecule has 0 aromatic heterocycles. The van der Waals surface area contributed by atoms with E-state index in [0.29, 0.717) is 17.9 Å². The molecule has 3 nitrogen and oxygen atoms in total. The molecule has 3 heteroatoms. The number of aromatic hydroxyl groups is 1.